The average Bonchev–Trinajstić information content (AvgIpc) is 3.51. The van der Waals surface area contributed by atoms with Gasteiger partial charge in [0, 0.05) is 62.0 Å². The number of likely N-dealkylation sites (N-methyl/N-ethyl adjacent to an activating group) is 1. The lowest BCUT2D eigenvalue weighted by Crippen LogP contribution is -2.60. The zero-order chi connectivity index (χ0) is 38.5. The molecule has 1 unspecified atom stereocenters. The third-order valence-corrected chi connectivity index (χ3v) is 11.1. The van der Waals surface area contributed by atoms with Crippen LogP contribution in [0.15, 0.2) is 6.20 Å². The number of ether oxygens (including phenoxy) is 4. The zero-order valence-corrected chi connectivity index (χ0v) is 32.1. The molecule has 0 radical (unpaired) electrons. The number of carbonyl (C=O) groups excluding carboxylic acids is 3. The molecule has 2 aliphatic rings. The molecule has 13 atom stereocenters. The first-order chi connectivity index (χ1) is 23.8. The van der Waals surface area contributed by atoms with Gasteiger partial charge in [-0.3, -0.25) is 20.2 Å². The highest BCUT2D eigenvalue weighted by Crippen LogP contribution is 2.38. The van der Waals surface area contributed by atoms with Crippen molar-refractivity contribution in [2.75, 3.05) is 20.7 Å². The van der Waals surface area contributed by atoms with Gasteiger partial charge in [-0.1, -0.05) is 39.8 Å². The number of carbonyl (C=O) groups is 3. The number of rotatable bonds is 10. The summed E-state index contributed by atoms with van der Waals surface area (Å²) in [6.07, 6.45) is -3.21. The van der Waals surface area contributed by atoms with Crippen LogP contribution in [0.5, 0.6) is 0 Å². The van der Waals surface area contributed by atoms with E-state index < -0.39 is 84.0 Å². The predicted molar refractivity (Wildman–Crippen MR) is 188 cm³/mol. The molecule has 3 rings (SSSR count). The van der Waals surface area contributed by atoms with Crippen molar-refractivity contribution in [1.82, 2.24) is 24.8 Å². The number of Topliss-reactive ketones (excluding diaryl/α,β-unsaturated/α-hetero) is 2. The average molecular weight is 725 g/mol. The van der Waals surface area contributed by atoms with Gasteiger partial charge in [-0.25, -0.2) is 0 Å². The minimum Gasteiger partial charge on any atom is -0.462 e. The number of ketones is 2. The van der Waals surface area contributed by atoms with Crippen molar-refractivity contribution in [3.05, 3.63) is 11.9 Å². The number of hydrazine groups is 1. The molecular formula is C34H61BN6O10. The van der Waals surface area contributed by atoms with Crippen molar-refractivity contribution in [3.63, 3.8) is 0 Å². The summed E-state index contributed by atoms with van der Waals surface area (Å²) in [5, 5.41) is 40.8. The van der Waals surface area contributed by atoms with Crippen molar-refractivity contribution < 1.29 is 48.7 Å². The monoisotopic (exact) mass is 724 g/mol. The molecule has 2 saturated heterocycles. The molecule has 2 fully saturated rings. The fraction of sp³-hybridized carbons (Fsp3) is 0.853. The molecule has 5 N–H and O–H groups in total. The maximum Gasteiger partial charge on any atom is 0.316 e. The van der Waals surface area contributed by atoms with Crippen LogP contribution in [0.2, 0.25) is 0 Å². The van der Waals surface area contributed by atoms with Crippen molar-refractivity contribution >= 4 is 25.5 Å². The molecule has 290 valence electrons. The van der Waals surface area contributed by atoms with Crippen LogP contribution >= 0.6 is 0 Å². The van der Waals surface area contributed by atoms with E-state index in [4.69, 9.17) is 24.8 Å². The summed E-state index contributed by atoms with van der Waals surface area (Å²) >= 11 is 0. The number of nitrogens with two attached hydrogens (primary N) is 1. The summed E-state index contributed by atoms with van der Waals surface area (Å²) in [5.74, 6) is 0.336. The minimum atomic E-state index is -2.09. The van der Waals surface area contributed by atoms with Gasteiger partial charge in [0.25, 0.3) is 7.98 Å². The molecule has 0 bridgehead atoms. The maximum absolute atomic E-state index is 14.1. The molecule has 3 heterocycles. The van der Waals surface area contributed by atoms with E-state index >= 15 is 0 Å². The molecule has 2 aliphatic heterocycles. The van der Waals surface area contributed by atoms with Gasteiger partial charge >= 0.3 is 5.97 Å². The second-order valence-corrected chi connectivity index (χ2v) is 15.0. The van der Waals surface area contributed by atoms with Crippen LogP contribution in [0.4, 0.5) is 0 Å². The normalized spacial score (nSPS) is 37.9. The van der Waals surface area contributed by atoms with Gasteiger partial charge in [0.05, 0.1) is 23.5 Å². The highest BCUT2D eigenvalue weighted by atomic mass is 16.7. The summed E-state index contributed by atoms with van der Waals surface area (Å²) in [6, 6.07) is -1.31. The Kier molecular flexibility index (Phi) is 15.3. The first-order valence-corrected chi connectivity index (χ1v) is 18.0. The van der Waals surface area contributed by atoms with E-state index in [9.17, 15) is 29.7 Å². The highest BCUT2D eigenvalue weighted by Gasteiger charge is 2.50. The lowest BCUT2D eigenvalue weighted by atomic mass is 9.74. The fourth-order valence-corrected chi connectivity index (χ4v) is 7.95. The Labute approximate surface area is 302 Å². The molecule has 0 spiro atoms. The van der Waals surface area contributed by atoms with E-state index in [1.54, 1.807) is 54.1 Å². The highest BCUT2D eigenvalue weighted by molar-refractivity contribution is 6.05. The summed E-state index contributed by atoms with van der Waals surface area (Å²) < 4.78 is 26.4. The number of cyclic esters (lactones) is 1. The van der Waals surface area contributed by atoms with Gasteiger partial charge in [0.15, 0.2) is 12.1 Å². The molecule has 51 heavy (non-hydrogen) atoms. The number of aliphatic hydroxyl groups is 3. The SMILES string of the molecule is Bn1cc(CCN(C)[C@H]2C[C@@H](C)O[C@@H](O[C@@H]3[C@@H](C)C(=O)[C@@H](C)C(=O)OC(CC)[C@H](C)[C@H](N(N)C(O)O)[C@@H](C)C(=O)[C@H](C)C[C@]3(C)OC)[C@@H]2O)nn1. The van der Waals surface area contributed by atoms with E-state index in [0.29, 0.717) is 25.8 Å². The number of hydrogen-bond acceptors (Lipinski definition) is 15. The first-order valence-electron chi connectivity index (χ1n) is 18.0. The number of aliphatic hydroxyl groups excluding tert-OH is 2. The molecule has 17 heteroatoms. The number of hydrogen-bond donors (Lipinski definition) is 4. The van der Waals surface area contributed by atoms with Crippen LogP contribution in [0.25, 0.3) is 0 Å². The molecule has 16 nitrogen and oxygen atoms in total. The summed E-state index contributed by atoms with van der Waals surface area (Å²) in [5.41, 5.74) is -0.487. The van der Waals surface area contributed by atoms with Gasteiger partial charge in [-0.2, -0.15) is 5.01 Å². The lowest BCUT2D eigenvalue weighted by Gasteiger charge is -2.47. The first kappa shape index (κ1) is 43.1. The fourth-order valence-electron chi connectivity index (χ4n) is 7.95. The van der Waals surface area contributed by atoms with Gasteiger partial charge in [0.1, 0.15) is 23.9 Å². The van der Waals surface area contributed by atoms with Crippen LogP contribution in [0, 0.1) is 29.6 Å². The van der Waals surface area contributed by atoms with Gasteiger partial charge in [-0.05, 0) is 47.1 Å². The molecule has 1 aromatic heterocycles. The smallest absolute Gasteiger partial charge is 0.316 e. The molecule has 0 amide bonds. The Balaban J connectivity index is 2.01. The van der Waals surface area contributed by atoms with Crippen LogP contribution in [-0.4, -0.2) is 141 Å². The van der Waals surface area contributed by atoms with Crippen molar-refractivity contribution in [2.45, 2.75) is 136 Å². The van der Waals surface area contributed by atoms with Crippen LogP contribution in [0.3, 0.4) is 0 Å². The minimum absolute atomic E-state index is 0.0815. The number of nitrogens with zero attached hydrogens (tertiary/aromatic N) is 5. The van der Waals surface area contributed by atoms with Gasteiger partial charge in [0.2, 0.25) is 6.41 Å². The van der Waals surface area contributed by atoms with E-state index in [1.807, 2.05) is 25.1 Å². The summed E-state index contributed by atoms with van der Waals surface area (Å²) in [4.78, 5) is 43.9. The summed E-state index contributed by atoms with van der Waals surface area (Å²) in [7, 11) is 5.16. The third kappa shape index (κ3) is 10.0. The van der Waals surface area contributed by atoms with E-state index in [0.717, 1.165) is 10.7 Å². The van der Waals surface area contributed by atoms with Gasteiger partial charge < -0.3 is 43.8 Å². The van der Waals surface area contributed by atoms with Crippen LogP contribution in [0.1, 0.15) is 80.3 Å². The Morgan fingerprint density at radius 1 is 1.14 bits per heavy atom. The van der Waals surface area contributed by atoms with E-state index in [2.05, 4.69) is 10.3 Å². The zero-order valence-electron chi connectivity index (χ0n) is 32.1. The van der Waals surface area contributed by atoms with Crippen LogP contribution in [-0.2, 0) is 39.8 Å². The maximum atomic E-state index is 14.1. The second-order valence-electron chi connectivity index (χ2n) is 15.0. The van der Waals surface area contributed by atoms with Crippen LogP contribution < -0.4 is 5.84 Å². The number of aromatic nitrogens is 3. The van der Waals surface area contributed by atoms with Crippen molar-refractivity contribution in [2.24, 2.45) is 35.4 Å². The van der Waals surface area contributed by atoms with Crippen molar-refractivity contribution in [1.29, 1.82) is 0 Å². The lowest BCUT2D eigenvalue weighted by molar-refractivity contribution is -0.296. The Bertz CT molecular complexity index is 1320. The largest absolute Gasteiger partial charge is 0.462 e. The molecule has 0 aromatic carbocycles. The number of methoxy groups -OCH3 is 1. The predicted octanol–water partition coefficient (Wildman–Crippen LogP) is -0.340. The quantitative estimate of drug-likeness (QED) is 0.0607. The standard InChI is InChI=1S/C34H61BN6O10/c1-11-25-19(4)26(41(36)33(46)47)20(5)27(42)17(2)15-34(8,48-10)30(21(6)28(43)22(7)31(45)50-25)51-32-29(44)24(14-18(3)49-32)39(9)13-12-23-16-40(35)38-37-23/h16-22,24-26,29-30,32-33,44,46-47H,11-15,35-36H2,1-10H3/t17-,18-,19+,20-,21+,22-,24+,25?,26+,29-,30-,32+,34+/m1/s1. The van der Waals surface area contributed by atoms with E-state index in [-0.39, 0.29) is 24.3 Å². The van der Waals surface area contributed by atoms with E-state index in [1.165, 1.54) is 14.0 Å². The second kappa shape index (κ2) is 18.1. The molecule has 0 saturated carbocycles. The third-order valence-electron chi connectivity index (χ3n) is 11.1. The summed E-state index contributed by atoms with van der Waals surface area (Å²) in [6.45, 7) is 14.2. The molecule has 1 aromatic rings. The Morgan fingerprint density at radius 3 is 2.33 bits per heavy atom. The topological polar surface area (TPSA) is 212 Å². The van der Waals surface area contributed by atoms with Crippen molar-refractivity contribution in [3.8, 4) is 0 Å². The van der Waals surface area contributed by atoms with Gasteiger partial charge in [-0.15, -0.1) is 5.10 Å². The Hall–Kier alpha value is -2.35. The Morgan fingerprint density at radius 2 is 1.78 bits per heavy atom. The molecular weight excluding hydrogens is 663 g/mol. The molecule has 0 aliphatic carbocycles. The number of esters is 1.